The number of carbonyl (C=O) groups is 1. The number of piperidine rings is 1. The van der Waals surface area contributed by atoms with E-state index in [0.717, 1.165) is 31.6 Å². The van der Waals surface area contributed by atoms with E-state index in [2.05, 4.69) is 28.4 Å². The van der Waals surface area contributed by atoms with E-state index in [1.54, 1.807) is 24.3 Å². The lowest BCUT2D eigenvalue weighted by Crippen LogP contribution is -2.38. The minimum atomic E-state index is 0.0469. The smallest absolute Gasteiger partial charge is 0.227 e. The number of hydrogen-bond acceptors (Lipinski definition) is 3. The second-order valence-corrected chi connectivity index (χ2v) is 5.78. The molecule has 4 nitrogen and oxygen atoms in total. The molecule has 116 valence electrons. The lowest BCUT2D eigenvalue weighted by atomic mass is 9.95. The van der Waals surface area contributed by atoms with Crippen molar-refractivity contribution in [3.63, 3.8) is 0 Å². The number of amides is 1. The van der Waals surface area contributed by atoms with Crippen molar-refractivity contribution in [3.05, 3.63) is 60.2 Å². The Bertz CT molecular complexity index is 696. The van der Waals surface area contributed by atoms with E-state index in [0.29, 0.717) is 5.56 Å². The second kappa shape index (κ2) is 6.97. The molecule has 1 fully saturated rings. The molecule has 4 heteroatoms. The fourth-order valence-electron chi connectivity index (χ4n) is 2.91. The molecule has 0 spiro atoms. The van der Waals surface area contributed by atoms with Crippen LogP contribution in [0.4, 0.5) is 11.4 Å². The maximum absolute atomic E-state index is 12.4. The van der Waals surface area contributed by atoms with Crippen molar-refractivity contribution in [2.75, 3.05) is 23.3 Å². The lowest BCUT2D eigenvalue weighted by molar-refractivity contribution is -0.120. The number of carbonyl (C=O) groups excluding carboxylic acids is 1. The van der Waals surface area contributed by atoms with Crippen molar-refractivity contribution in [3.8, 4) is 6.07 Å². The second-order valence-electron chi connectivity index (χ2n) is 5.78. The van der Waals surface area contributed by atoms with E-state index in [1.165, 1.54) is 5.69 Å². The minimum Gasteiger partial charge on any atom is -0.371 e. The number of nitriles is 1. The molecule has 0 bridgehead atoms. The molecule has 0 atom stereocenters. The molecule has 0 saturated carbocycles. The van der Waals surface area contributed by atoms with Crippen LogP contribution >= 0.6 is 0 Å². The quantitative estimate of drug-likeness (QED) is 0.945. The predicted octanol–water partition coefficient (Wildman–Crippen LogP) is 3.41. The van der Waals surface area contributed by atoms with Gasteiger partial charge >= 0.3 is 0 Å². The zero-order chi connectivity index (χ0) is 16.1. The summed E-state index contributed by atoms with van der Waals surface area (Å²) in [7, 11) is 0. The van der Waals surface area contributed by atoms with E-state index in [9.17, 15) is 4.79 Å². The summed E-state index contributed by atoms with van der Waals surface area (Å²) in [4.78, 5) is 14.7. The summed E-state index contributed by atoms with van der Waals surface area (Å²) >= 11 is 0. The number of rotatable bonds is 3. The van der Waals surface area contributed by atoms with E-state index in [-0.39, 0.29) is 11.8 Å². The van der Waals surface area contributed by atoms with E-state index >= 15 is 0 Å². The standard InChI is InChI=1S/C19H19N3O/c20-14-15-6-8-17(9-7-15)21-19(23)16-10-12-22(13-11-16)18-4-2-1-3-5-18/h1-9,16H,10-13H2,(H,21,23). The summed E-state index contributed by atoms with van der Waals surface area (Å²) in [5.41, 5.74) is 2.57. The number of para-hydroxylation sites is 1. The Balaban J connectivity index is 1.55. The third-order valence-corrected chi connectivity index (χ3v) is 4.27. The number of anilines is 2. The molecule has 0 aliphatic carbocycles. The average molecular weight is 305 g/mol. The molecule has 23 heavy (non-hydrogen) atoms. The van der Waals surface area contributed by atoms with Gasteiger partial charge in [0.05, 0.1) is 11.6 Å². The monoisotopic (exact) mass is 305 g/mol. The summed E-state index contributed by atoms with van der Waals surface area (Å²) in [6.07, 6.45) is 1.72. The Labute approximate surface area is 136 Å². The number of nitrogens with one attached hydrogen (secondary N) is 1. The summed E-state index contributed by atoms with van der Waals surface area (Å²) in [6.45, 7) is 1.80. The van der Waals surface area contributed by atoms with Crippen LogP contribution in [0.3, 0.4) is 0 Å². The van der Waals surface area contributed by atoms with Gasteiger partial charge < -0.3 is 10.2 Å². The highest BCUT2D eigenvalue weighted by Gasteiger charge is 2.25. The van der Waals surface area contributed by atoms with Crippen molar-refractivity contribution in [2.24, 2.45) is 5.92 Å². The first kappa shape index (κ1) is 15.1. The van der Waals surface area contributed by atoms with Gasteiger partial charge in [-0.05, 0) is 49.2 Å². The lowest BCUT2D eigenvalue weighted by Gasteiger charge is -2.33. The zero-order valence-corrected chi connectivity index (χ0v) is 12.9. The molecule has 1 aliphatic heterocycles. The van der Waals surface area contributed by atoms with Gasteiger partial charge in [-0.15, -0.1) is 0 Å². The Morgan fingerprint density at radius 1 is 1.04 bits per heavy atom. The fraction of sp³-hybridized carbons (Fsp3) is 0.263. The SMILES string of the molecule is N#Cc1ccc(NC(=O)C2CCN(c3ccccc3)CC2)cc1. The number of nitrogens with zero attached hydrogens (tertiary/aromatic N) is 2. The molecule has 0 radical (unpaired) electrons. The van der Waals surface area contributed by atoms with Gasteiger partial charge in [0.15, 0.2) is 0 Å². The first-order valence-corrected chi connectivity index (χ1v) is 7.87. The Kier molecular flexibility index (Phi) is 4.58. The van der Waals surface area contributed by atoms with Crippen LogP contribution in [0.25, 0.3) is 0 Å². The molecular weight excluding hydrogens is 286 g/mol. The Morgan fingerprint density at radius 2 is 1.70 bits per heavy atom. The molecule has 1 saturated heterocycles. The third-order valence-electron chi connectivity index (χ3n) is 4.27. The van der Waals surface area contributed by atoms with Crippen LogP contribution in [0.5, 0.6) is 0 Å². The maximum atomic E-state index is 12.4. The molecule has 2 aromatic rings. The molecule has 1 N–H and O–H groups in total. The van der Waals surface area contributed by atoms with Crippen LogP contribution in [0.2, 0.25) is 0 Å². The highest BCUT2D eigenvalue weighted by Crippen LogP contribution is 2.24. The molecular formula is C19H19N3O. The van der Waals surface area contributed by atoms with Gasteiger partial charge in [-0.3, -0.25) is 4.79 Å². The summed E-state index contributed by atoms with van der Waals surface area (Å²) in [5.74, 6) is 0.119. The largest absolute Gasteiger partial charge is 0.371 e. The van der Waals surface area contributed by atoms with E-state index in [1.807, 2.05) is 18.2 Å². The van der Waals surface area contributed by atoms with Crippen molar-refractivity contribution >= 4 is 17.3 Å². The van der Waals surface area contributed by atoms with Crippen LogP contribution in [0.1, 0.15) is 18.4 Å². The van der Waals surface area contributed by atoms with Gasteiger partial charge in [0.2, 0.25) is 5.91 Å². The third kappa shape index (κ3) is 3.70. The maximum Gasteiger partial charge on any atom is 0.227 e. The first-order valence-electron chi connectivity index (χ1n) is 7.87. The van der Waals surface area contributed by atoms with Crippen molar-refractivity contribution in [2.45, 2.75) is 12.8 Å². The highest BCUT2D eigenvalue weighted by molar-refractivity contribution is 5.92. The van der Waals surface area contributed by atoms with Gasteiger partial charge in [0.25, 0.3) is 0 Å². The van der Waals surface area contributed by atoms with Crippen molar-refractivity contribution in [1.82, 2.24) is 0 Å². The van der Waals surface area contributed by atoms with Crippen molar-refractivity contribution < 1.29 is 4.79 Å². The normalized spacial score (nSPS) is 15.0. The Hall–Kier alpha value is -2.80. The van der Waals surface area contributed by atoms with Crippen molar-refractivity contribution in [1.29, 1.82) is 5.26 Å². The Morgan fingerprint density at radius 3 is 2.30 bits per heavy atom. The summed E-state index contributed by atoms with van der Waals surface area (Å²) in [5, 5.41) is 11.7. The summed E-state index contributed by atoms with van der Waals surface area (Å²) in [6, 6.07) is 19.4. The van der Waals surface area contributed by atoms with E-state index < -0.39 is 0 Å². The van der Waals surface area contributed by atoms with Gasteiger partial charge in [0, 0.05) is 30.4 Å². The van der Waals surface area contributed by atoms with Gasteiger partial charge in [0.1, 0.15) is 0 Å². The van der Waals surface area contributed by atoms with Gasteiger partial charge in [-0.1, -0.05) is 18.2 Å². The molecule has 3 rings (SSSR count). The minimum absolute atomic E-state index is 0.0469. The average Bonchev–Trinajstić information content (AvgIpc) is 2.63. The van der Waals surface area contributed by atoms with Crippen LogP contribution in [-0.4, -0.2) is 19.0 Å². The zero-order valence-electron chi connectivity index (χ0n) is 12.9. The topological polar surface area (TPSA) is 56.1 Å². The van der Waals surface area contributed by atoms with Crippen LogP contribution < -0.4 is 10.2 Å². The predicted molar refractivity (Wildman–Crippen MR) is 91.2 cm³/mol. The van der Waals surface area contributed by atoms with E-state index in [4.69, 9.17) is 5.26 Å². The van der Waals surface area contributed by atoms with Crippen LogP contribution in [0, 0.1) is 17.2 Å². The highest BCUT2D eigenvalue weighted by atomic mass is 16.1. The first-order chi connectivity index (χ1) is 11.3. The molecule has 1 heterocycles. The number of benzene rings is 2. The van der Waals surface area contributed by atoms with Crippen LogP contribution in [0.15, 0.2) is 54.6 Å². The van der Waals surface area contributed by atoms with Crippen LogP contribution in [-0.2, 0) is 4.79 Å². The van der Waals surface area contributed by atoms with Gasteiger partial charge in [-0.25, -0.2) is 0 Å². The molecule has 2 aromatic carbocycles. The molecule has 0 aromatic heterocycles. The van der Waals surface area contributed by atoms with Gasteiger partial charge in [-0.2, -0.15) is 5.26 Å². The fourth-order valence-corrected chi connectivity index (χ4v) is 2.91. The number of hydrogen-bond donors (Lipinski definition) is 1. The summed E-state index contributed by atoms with van der Waals surface area (Å²) < 4.78 is 0. The molecule has 1 amide bonds. The molecule has 0 unspecified atom stereocenters. The molecule has 1 aliphatic rings.